The molecule has 0 unspecified atom stereocenters. The molecule has 1 atom stereocenters. The fourth-order valence-electron chi connectivity index (χ4n) is 2.29. The Labute approximate surface area is 117 Å². The van der Waals surface area contributed by atoms with Gasteiger partial charge in [-0.15, -0.1) is 0 Å². The summed E-state index contributed by atoms with van der Waals surface area (Å²) < 4.78 is 4.78. The van der Waals surface area contributed by atoms with Gasteiger partial charge in [0, 0.05) is 12.6 Å². The van der Waals surface area contributed by atoms with Crippen LogP contribution in [0.4, 0.5) is 0 Å². The van der Waals surface area contributed by atoms with Gasteiger partial charge in [0.15, 0.2) is 0 Å². The number of carbonyl (C=O) groups is 1. The van der Waals surface area contributed by atoms with Gasteiger partial charge in [0.25, 0.3) is 0 Å². The Balaban J connectivity index is 2.31. The van der Waals surface area contributed by atoms with Crippen molar-refractivity contribution >= 4 is 5.97 Å². The summed E-state index contributed by atoms with van der Waals surface area (Å²) in [5, 5.41) is 13.4. The molecule has 2 aromatic rings. The normalized spacial score (nSPS) is 12.6. The highest BCUT2D eigenvalue weighted by Gasteiger charge is 2.27. The molecule has 2 rings (SSSR count). The van der Waals surface area contributed by atoms with Gasteiger partial charge >= 0.3 is 5.97 Å². The minimum atomic E-state index is -0.871. The van der Waals surface area contributed by atoms with E-state index < -0.39 is 12.0 Å². The Morgan fingerprint density at radius 2 is 2.15 bits per heavy atom. The SMILES string of the molecule is Cc1cccc([C@@H](C(=O)O)N(C)Cc2ccon2)c1C. The van der Waals surface area contributed by atoms with Gasteiger partial charge < -0.3 is 9.63 Å². The predicted octanol–water partition coefficient (Wildman–Crippen LogP) is 2.55. The summed E-state index contributed by atoms with van der Waals surface area (Å²) in [5.41, 5.74) is 3.61. The second kappa shape index (κ2) is 5.88. The van der Waals surface area contributed by atoms with Gasteiger partial charge in [-0.3, -0.25) is 9.69 Å². The quantitative estimate of drug-likeness (QED) is 0.907. The van der Waals surface area contributed by atoms with Crippen molar-refractivity contribution in [2.24, 2.45) is 0 Å². The number of benzene rings is 1. The van der Waals surface area contributed by atoms with E-state index in [0.717, 1.165) is 16.7 Å². The lowest BCUT2D eigenvalue weighted by molar-refractivity contribution is -0.143. The van der Waals surface area contributed by atoms with Crippen LogP contribution in [-0.4, -0.2) is 28.2 Å². The minimum absolute atomic E-state index is 0.418. The molecule has 0 bridgehead atoms. The minimum Gasteiger partial charge on any atom is -0.480 e. The molecule has 0 saturated heterocycles. The molecule has 0 aliphatic carbocycles. The first kappa shape index (κ1) is 14.3. The largest absolute Gasteiger partial charge is 0.480 e. The predicted molar refractivity (Wildman–Crippen MR) is 74.3 cm³/mol. The standard InChI is InChI=1S/C15H18N2O3/c1-10-5-4-6-13(11(10)2)14(15(18)19)17(3)9-12-7-8-20-16-12/h4-8,14H,9H2,1-3H3,(H,18,19)/t14-/m0/s1. The van der Waals surface area contributed by atoms with Crippen LogP contribution >= 0.6 is 0 Å². The van der Waals surface area contributed by atoms with Gasteiger partial charge in [0.2, 0.25) is 0 Å². The molecule has 0 spiro atoms. The monoisotopic (exact) mass is 274 g/mol. The van der Waals surface area contributed by atoms with Crippen molar-refractivity contribution in [1.82, 2.24) is 10.1 Å². The maximum atomic E-state index is 11.6. The smallest absolute Gasteiger partial charge is 0.325 e. The molecule has 0 aliphatic heterocycles. The Morgan fingerprint density at radius 3 is 2.75 bits per heavy atom. The van der Waals surface area contributed by atoms with E-state index in [2.05, 4.69) is 5.16 Å². The highest BCUT2D eigenvalue weighted by atomic mass is 16.5. The van der Waals surface area contributed by atoms with Gasteiger partial charge in [0.05, 0.1) is 5.69 Å². The molecule has 5 heteroatoms. The Kier molecular flexibility index (Phi) is 4.20. The number of rotatable bonds is 5. The fourth-order valence-corrected chi connectivity index (χ4v) is 2.29. The van der Waals surface area contributed by atoms with Crippen LogP contribution in [0.3, 0.4) is 0 Å². The second-order valence-corrected chi connectivity index (χ2v) is 4.94. The number of aliphatic carboxylic acids is 1. The number of nitrogens with zero attached hydrogens (tertiary/aromatic N) is 2. The average molecular weight is 274 g/mol. The average Bonchev–Trinajstić information content (AvgIpc) is 2.87. The summed E-state index contributed by atoms with van der Waals surface area (Å²) >= 11 is 0. The molecule has 1 heterocycles. The van der Waals surface area contributed by atoms with Crippen LogP contribution in [-0.2, 0) is 11.3 Å². The topological polar surface area (TPSA) is 66.6 Å². The number of carboxylic acids is 1. The molecule has 0 aliphatic rings. The van der Waals surface area contributed by atoms with Crippen LogP contribution in [0.15, 0.2) is 35.1 Å². The van der Waals surface area contributed by atoms with E-state index in [1.165, 1.54) is 6.26 Å². The van der Waals surface area contributed by atoms with Crippen molar-refractivity contribution in [3.8, 4) is 0 Å². The molecule has 0 fully saturated rings. The zero-order valence-electron chi connectivity index (χ0n) is 11.8. The zero-order chi connectivity index (χ0) is 14.7. The zero-order valence-corrected chi connectivity index (χ0v) is 11.8. The summed E-state index contributed by atoms with van der Waals surface area (Å²) in [6.07, 6.45) is 1.48. The molecule has 0 radical (unpaired) electrons. The van der Waals surface area contributed by atoms with Crippen LogP contribution in [0.1, 0.15) is 28.4 Å². The second-order valence-electron chi connectivity index (χ2n) is 4.94. The number of hydrogen-bond donors (Lipinski definition) is 1. The van der Waals surface area contributed by atoms with Crippen molar-refractivity contribution in [3.05, 3.63) is 52.9 Å². The van der Waals surface area contributed by atoms with Crippen LogP contribution in [0, 0.1) is 13.8 Å². The number of aromatic nitrogens is 1. The lowest BCUT2D eigenvalue weighted by Gasteiger charge is -2.25. The van der Waals surface area contributed by atoms with Crippen LogP contribution < -0.4 is 0 Å². The van der Waals surface area contributed by atoms with Gasteiger partial charge in [-0.25, -0.2) is 0 Å². The van der Waals surface area contributed by atoms with Crippen molar-refractivity contribution in [2.75, 3.05) is 7.05 Å². The Morgan fingerprint density at radius 1 is 1.40 bits per heavy atom. The molecule has 1 aromatic carbocycles. The van der Waals surface area contributed by atoms with E-state index in [4.69, 9.17) is 4.52 Å². The highest BCUT2D eigenvalue weighted by molar-refractivity contribution is 5.76. The Bertz CT molecular complexity index is 593. The first-order valence-corrected chi connectivity index (χ1v) is 6.39. The summed E-state index contributed by atoms with van der Waals surface area (Å²) in [4.78, 5) is 13.4. The summed E-state index contributed by atoms with van der Waals surface area (Å²) in [5.74, 6) is -0.871. The number of carboxylic acid groups (broad SMARTS) is 1. The van der Waals surface area contributed by atoms with Gasteiger partial charge in [0.1, 0.15) is 12.3 Å². The third-order valence-electron chi connectivity index (χ3n) is 3.52. The molecule has 0 saturated carbocycles. The van der Waals surface area contributed by atoms with Crippen molar-refractivity contribution < 1.29 is 14.4 Å². The fraction of sp³-hybridized carbons (Fsp3) is 0.333. The van der Waals surface area contributed by atoms with Crippen molar-refractivity contribution in [1.29, 1.82) is 0 Å². The summed E-state index contributed by atoms with van der Waals surface area (Å²) in [6.45, 7) is 4.35. The summed E-state index contributed by atoms with van der Waals surface area (Å²) in [6, 6.07) is 6.76. The van der Waals surface area contributed by atoms with E-state index in [-0.39, 0.29) is 0 Å². The summed E-state index contributed by atoms with van der Waals surface area (Å²) in [7, 11) is 1.77. The molecule has 1 aromatic heterocycles. The van der Waals surface area contributed by atoms with E-state index in [0.29, 0.717) is 12.2 Å². The Hall–Kier alpha value is -2.14. The molecular formula is C15H18N2O3. The molecular weight excluding hydrogens is 256 g/mol. The highest BCUT2D eigenvalue weighted by Crippen LogP contribution is 2.26. The molecule has 5 nitrogen and oxygen atoms in total. The number of likely N-dealkylation sites (N-methyl/N-ethyl adjacent to an activating group) is 1. The lowest BCUT2D eigenvalue weighted by atomic mass is 9.96. The number of hydrogen-bond acceptors (Lipinski definition) is 4. The molecule has 0 amide bonds. The van der Waals surface area contributed by atoms with E-state index in [1.54, 1.807) is 18.0 Å². The van der Waals surface area contributed by atoms with E-state index >= 15 is 0 Å². The van der Waals surface area contributed by atoms with Crippen LogP contribution in [0.2, 0.25) is 0 Å². The lowest BCUT2D eigenvalue weighted by Crippen LogP contribution is -2.31. The van der Waals surface area contributed by atoms with Crippen molar-refractivity contribution in [2.45, 2.75) is 26.4 Å². The van der Waals surface area contributed by atoms with Crippen molar-refractivity contribution in [3.63, 3.8) is 0 Å². The van der Waals surface area contributed by atoms with Gasteiger partial charge in [-0.2, -0.15) is 0 Å². The van der Waals surface area contributed by atoms with E-state index in [9.17, 15) is 9.90 Å². The van der Waals surface area contributed by atoms with Crippen LogP contribution in [0.25, 0.3) is 0 Å². The molecule has 106 valence electrons. The first-order valence-electron chi connectivity index (χ1n) is 6.39. The molecule has 1 N–H and O–H groups in total. The number of aryl methyl sites for hydroxylation is 1. The third-order valence-corrected chi connectivity index (χ3v) is 3.52. The van der Waals surface area contributed by atoms with Gasteiger partial charge in [-0.1, -0.05) is 23.4 Å². The molecule has 20 heavy (non-hydrogen) atoms. The first-order chi connectivity index (χ1) is 9.50. The van der Waals surface area contributed by atoms with Crippen LogP contribution in [0.5, 0.6) is 0 Å². The maximum absolute atomic E-state index is 11.6. The van der Waals surface area contributed by atoms with E-state index in [1.807, 2.05) is 32.0 Å². The maximum Gasteiger partial charge on any atom is 0.325 e. The van der Waals surface area contributed by atoms with Gasteiger partial charge in [-0.05, 0) is 37.6 Å². The third kappa shape index (κ3) is 2.88.